The second-order valence-corrected chi connectivity index (χ2v) is 5.57. The molecule has 0 aliphatic rings. The topological polar surface area (TPSA) is 50.9 Å². The summed E-state index contributed by atoms with van der Waals surface area (Å²) in [5.41, 5.74) is 4.68. The van der Waals surface area contributed by atoms with E-state index < -0.39 is 0 Å². The third kappa shape index (κ3) is 2.68. The van der Waals surface area contributed by atoms with E-state index in [0.29, 0.717) is 4.47 Å². The van der Waals surface area contributed by atoms with Gasteiger partial charge in [0, 0.05) is 17.8 Å². The smallest absolute Gasteiger partial charge is 0.137 e. The first-order valence-corrected chi connectivity index (χ1v) is 7.23. The lowest BCUT2D eigenvalue weighted by Gasteiger charge is -2.19. The van der Waals surface area contributed by atoms with Crippen molar-refractivity contribution >= 4 is 26.7 Å². The number of nitrogens with two attached hydrogens (primary N) is 1. The molecule has 21 heavy (non-hydrogen) atoms. The number of benzene rings is 2. The summed E-state index contributed by atoms with van der Waals surface area (Å²) in [6.07, 6.45) is 3.57. The van der Waals surface area contributed by atoms with Gasteiger partial charge in [0.15, 0.2) is 0 Å². The molecular weight excluding hydrogens is 333 g/mol. The molecule has 0 aliphatic carbocycles. The molecule has 1 heterocycles. The Bertz CT molecular complexity index is 786. The maximum atomic E-state index is 13.4. The lowest BCUT2D eigenvalue weighted by Crippen LogP contribution is -2.29. The quantitative estimate of drug-likeness (QED) is 0.562. The maximum absolute atomic E-state index is 13.4. The Morgan fingerprint density at radius 2 is 2.05 bits per heavy atom. The van der Waals surface area contributed by atoms with Crippen LogP contribution >= 0.6 is 15.9 Å². The molecule has 0 saturated carbocycles. The molecule has 0 saturated heterocycles. The van der Waals surface area contributed by atoms with Crippen molar-refractivity contribution < 1.29 is 4.39 Å². The second kappa shape index (κ2) is 5.89. The predicted molar refractivity (Wildman–Crippen MR) is 85.0 cm³/mol. The number of fused-ring (bicyclic) bond motifs is 1. The summed E-state index contributed by atoms with van der Waals surface area (Å²) >= 11 is 3.21. The van der Waals surface area contributed by atoms with Crippen LogP contribution in [0.1, 0.15) is 17.2 Å². The summed E-state index contributed by atoms with van der Waals surface area (Å²) in [7, 11) is 0. The van der Waals surface area contributed by atoms with Crippen molar-refractivity contribution in [2.75, 3.05) is 0 Å². The fourth-order valence-corrected chi connectivity index (χ4v) is 2.84. The standard InChI is InChI=1S/C16H13BrFN3/c17-14-8-11(4-5-15(14)18)16(21-19)12-3-1-2-10-6-7-20-9-13(10)12/h1-9,16,21H,19H2. The minimum atomic E-state index is -0.297. The molecule has 0 amide bonds. The van der Waals surface area contributed by atoms with Crippen LogP contribution in [0.15, 0.2) is 59.3 Å². The molecule has 1 unspecified atom stereocenters. The minimum absolute atomic E-state index is 0.241. The Hall–Kier alpha value is -1.82. The van der Waals surface area contributed by atoms with Crippen molar-refractivity contribution in [3.05, 3.63) is 76.3 Å². The van der Waals surface area contributed by atoms with Gasteiger partial charge < -0.3 is 0 Å². The van der Waals surface area contributed by atoms with E-state index in [1.165, 1.54) is 6.07 Å². The average Bonchev–Trinajstić information content (AvgIpc) is 2.52. The van der Waals surface area contributed by atoms with Crippen molar-refractivity contribution in [2.45, 2.75) is 6.04 Å². The van der Waals surface area contributed by atoms with E-state index in [0.717, 1.165) is 21.9 Å². The molecule has 0 fully saturated rings. The highest BCUT2D eigenvalue weighted by Crippen LogP contribution is 2.30. The van der Waals surface area contributed by atoms with Crippen molar-refractivity contribution in [3.8, 4) is 0 Å². The predicted octanol–water partition coefficient (Wildman–Crippen LogP) is 3.69. The Kier molecular flexibility index (Phi) is 3.96. The third-order valence-corrected chi connectivity index (χ3v) is 4.08. The lowest BCUT2D eigenvalue weighted by molar-refractivity contribution is 0.611. The van der Waals surface area contributed by atoms with Gasteiger partial charge in [-0.25, -0.2) is 9.82 Å². The lowest BCUT2D eigenvalue weighted by atomic mass is 9.95. The number of nitrogens with zero attached hydrogens (tertiary/aromatic N) is 1. The third-order valence-electron chi connectivity index (χ3n) is 3.47. The largest absolute Gasteiger partial charge is 0.271 e. The van der Waals surface area contributed by atoms with E-state index in [4.69, 9.17) is 5.84 Å². The molecule has 0 radical (unpaired) electrons. The first kappa shape index (κ1) is 14.1. The first-order chi connectivity index (χ1) is 10.2. The SMILES string of the molecule is NNC(c1ccc(F)c(Br)c1)c1cccc2ccncc12. The molecule has 2 aromatic carbocycles. The van der Waals surface area contributed by atoms with E-state index in [1.807, 2.05) is 30.5 Å². The molecule has 3 aromatic rings. The number of hydrogen-bond acceptors (Lipinski definition) is 3. The van der Waals surface area contributed by atoms with E-state index in [-0.39, 0.29) is 11.9 Å². The number of nitrogens with one attached hydrogen (secondary N) is 1. The van der Waals surface area contributed by atoms with Crippen molar-refractivity contribution in [1.82, 2.24) is 10.4 Å². The number of aromatic nitrogens is 1. The van der Waals surface area contributed by atoms with Gasteiger partial charge in [-0.3, -0.25) is 10.8 Å². The Balaban J connectivity index is 2.16. The first-order valence-electron chi connectivity index (χ1n) is 6.44. The summed E-state index contributed by atoms with van der Waals surface area (Å²) in [6, 6.07) is 12.6. The van der Waals surface area contributed by atoms with E-state index in [2.05, 4.69) is 26.3 Å². The molecule has 5 heteroatoms. The Morgan fingerprint density at radius 3 is 2.81 bits per heavy atom. The van der Waals surface area contributed by atoms with Gasteiger partial charge in [0.2, 0.25) is 0 Å². The zero-order valence-electron chi connectivity index (χ0n) is 11.1. The number of rotatable bonds is 3. The van der Waals surface area contributed by atoms with Crippen molar-refractivity contribution in [2.24, 2.45) is 5.84 Å². The van der Waals surface area contributed by atoms with Crippen LogP contribution in [0.3, 0.4) is 0 Å². The van der Waals surface area contributed by atoms with Gasteiger partial charge >= 0.3 is 0 Å². The fourth-order valence-electron chi connectivity index (χ4n) is 2.45. The van der Waals surface area contributed by atoms with Crippen LogP contribution in [0, 0.1) is 5.82 Å². The van der Waals surface area contributed by atoms with Crippen LogP contribution in [-0.2, 0) is 0 Å². The summed E-state index contributed by atoms with van der Waals surface area (Å²) < 4.78 is 13.8. The van der Waals surface area contributed by atoms with E-state index in [9.17, 15) is 4.39 Å². The molecule has 106 valence electrons. The van der Waals surface area contributed by atoms with Gasteiger partial charge in [-0.1, -0.05) is 24.3 Å². The fraction of sp³-hybridized carbons (Fsp3) is 0.0625. The van der Waals surface area contributed by atoms with Gasteiger partial charge in [-0.2, -0.15) is 0 Å². The molecule has 0 aliphatic heterocycles. The number of hydrazine groups is 1. The zero-order chi connectivity index (χ0) is 14.8. The number of halogens is 2. The monoisotopic (exact) mass is 345 g/mol. The van der Waals surface area contributed by atoms with Crippen LogP contribution < -0.4 is 11.3 Å². The average molecular weight is 346 g/mol. The van der Waals surface area contributed by atoms with Gasteiger partial charge in [0.25, 0.3) is 0 Å². The van der Waals surface area contributed by atoms with E-state index in [1.54, 1.807) is 18.3 Å². The van der Waals surface area contributed by atoms with Crippen molar-refractivity contribution in [1.29, 1.82) is 0 Å². The van der Waals surface area contributed by atoms with Crippen molar-refractivity contribution in [3.63, 3.8) is 0 Å². The minimum Gasteiger partial charge on any atom is -0.271 e. The van der Waals surface area contributed by atoms with E-state index >= 15 is 0 Å². The summed E-state index contributed by atoms with van der Waals surface area (Å²) in [5, 5.41) is 2.10. The highest BCUT2D eigenvalue weighted by atomic mass is 79.9. The highest BCUT2D eigenvalue weighted by Gasteiger charge is 2.16. The number of pyridine rings is 1. The molecular formula is C16H13BrFN3. The Morgan fingerprint density at radius 1 is 1.19 bits per heavy atom. The van der Waals surface area contributed by atoms with Crippen LogP contribution in [-0.4, -0.2) is 4.98 Å². The van der Waals surface area contributed by atoms with Crippen LogP contribution in [0.5, 0.6) is 0 Å². The molecule has 0 spiro atoms. The molecule has 3 N–H and O–H groups in total. The molecule has 3 rings (SSSR count). The normalized spacial score (nSPS) is 12.5. The van der Waals surface area contributed by atoms with Gasteiger partial charge in [-0.15, -0.1) is 0 Å². The molecule has 3 nitrogen and oxygen atoms in total. The molecule has 1 atom stereocenters. The van der Waals surface area contributed by atoms with Crippen LogP contribution in [0.25, 0.3) is 10.8 Å². The van der Waals surface area contributed by atoms with Crippen LogP contribution in [0.2, 0.25) is 0 Å². The molecule has 1 aromatic heterocycles. The summed E-state index contributed by atoms with van der Waals surface area (Å²) in [4.78, 5) is 4.18. The second-order valence-electron chi connectivity index (χ2n) is 4.72. The van der Waals surface area contributed by atoms with Gasteiger partial charge in [0.05, 0.1) is 10.5 Å². The highest BCUT2D eigenvalue weighted by molar-refractivity contribution is 9.10. The summed E-state index contributed by atoms with van der Waals surface area (Å²) in [5.74, 6) is 5.44. The maximum Gasteiger partial charge on any atom is 0.137 e. The number of hydrogen-bond donors (Lipinski definition) is 2. The zero-order valence-corrected chi connectivity index (χ0v) is 12.6. The Labute approximate surface area is 130 Å². The van der Waals surface area contributed by atoms with Gasteiger partial charge in [-0.05, 0) is 50.6 Å². The van der Waals surface area contributed by atoms with Crippen LogP contribution in [0.4, 0.5) is 4.39 Å². The summed E-state index contributed by atoms with van der Waals surface area (Å²) in [6.45, 7) is 0. The molecule has 0 bridgehead atoms. The van der Waals surface area contributed by atoms with Gasteiger partial charge in [0.1, 0.15) is 5.82 Å².